The zero-order valence-corrected chi connectivity index (χ0v) is 13.8. The second kappa shape index (κ2) is 6.02. The lowest BCUT2D eigenvalue weighted by Crippen LogP contribution is -2.27. The third-order valence-electron chi connectivity index (χ3n) is 4.45. The predicted octanol–water partition coefficient (Wildman–Crippen LogP) is 1.36. The van der Waals surface area contributed by atoms with Gasteiger partial charge in [-0.2, -0.15) is 0 Å². The maximum Gasteiger partial charge on any atom is 0.307 e. The molecule has 1 saturated carbocycles. The Morgan fingerprint density at radius 1 is 1.13 bits per heavy atom. The van der Waals surface area contributed by atoms with Crippen LogP contribution >= 0.6 is 0 Å². The topological polar surface area (TPSA) is 86.7 Å². The first-order chi connectivity index (χ1) is 10.7. The minimum Gasteiger partial charge on any atom is -0.481 e. The molecule has 0 bridgehead atoms. The monoisotopic (exact) mass is 318 g/mol. The van der Waals surface area contributed by atoms with Gasteiger partial charge in [-0.05, 0) is 23.1 Å². The summed E-state index contributed by atoms with van der Waals surface area (Å²) in [5.41, 5.74) is 0.941. The number of carbonyl (C=O) groups excluding carboxylic acids is 2. The van der Waals surface area contributed by atoms with E-state index in [-0.39, 0.29) is 11.8 Å². The molecular weight excluding hydrogens is 296 g/mol. The summed E-state index contributed by atoms with van der Waals surface area (Å²) in [6.07, 6.45) is 0. The minimum absolute atomic E-state index is 0.0791. The van der Waals surface area contributed by atoms with E-state index in [0.29, 0.717) is 12.1 Å². The Morgan fingerprint density at radius 2 is 1.70 bits per heavy atom. The summed E-state index contributed by atoms with van der Waals surface area (Å²) in [6.45, 7) is 3.89. The summed E-state index contributed by atoms with van der Waals surface area (Å²) < 4.78 is 0. The van der Waals surface area contributed by atoms with Gasteiger partial charge >= 0.3 is 5.97 Å². The van der Waals surface area contributed by atoms with Gasteiger partial charge in [-0.1, -0.05) is 26.0 Å². The van der Waals surface area contributed by atoms with Crippen LogP contribution in [-0.2, 0) is 16.1 Å². The highest BCUT2D eigenvalue weighted by molar-refractivity contribution is 5.94. The molecule has 0 radical (unpaired) electrons. The Bertz CT molecular complexity index is 634. The van der Waals surface area contributed by atoms with Crippen molar-refractivity contribution in [1.29, 1.82) is 0 Å². The van der Waals surface area contributed by atoms with Crippen molar-refractivity contribution < 1.29 is 19.5 Å². The van der Waals surface area contributed by atoms with Crippen molar-refractivity contribution in [2.45, 2.75) is 20.4 Å². The summed E-state index contributed by atoms with van der Waals surface area (Å²) in [7, 11) is 3.37. The van der Waals surface area contributed by atoms with E-state index in [1.807, 2.05) is 0 Å². The molecule has 6 nitrogen and oxygen atoms in total. The first kappa shape index (κ1) is 17.0. The third kappa shape index (κ3) is 3.36. The third-order valence-corrected chi connectivity index (χ3v) is 4.45. The Hall–Kier alpha value is -2.37. The molecule has 2 amide bonds. The number of rotatable bonds is 5. The minimum atomic E-state index is -0.929. The van der Waals surface area contributed by atoms with E-state index in [0.717, 1.165) is 5.56 Å². The number of benzene rings is 1. The average Bonchev–Trinajstić information content (AvgIpc) is 3.07. The number of carboxylic acids is 1. The zero-order valence-electron chi connectivity index (χ0n) is 13.8. The van der Waals surface area contributed by atoms with Gasteiger partial charge in [0.1, 0.15) is 0 Å². The van der Waals surface area contributed by atoms with Crippen LogP contribution in [0.2, 0.25) is 0 Å². The molecule has 23 heavy (non-hydrogen) atoms. The highest BCUT2D eigenvalue weighted by Crippen LogP contribution is 2.58. The van der Waals surface area contributed by atoms with Crippen molar-refractivity contribution in [2.24, 2.45) is 17.3 Å². The number of aliphatic carboxylic acids is 1. The van der Waals surface area contributed by atoms with E-state index in [1.54, 1.807) is 52.2 Å². The van der Waals surface area contributed by atoms with Crippen LogP contribution in [0.1, 0.15) is 29.8 Å². The summed E-state index contributed by atoms with van der Waals surface area (Å²) in [5.74, 6) is -2.36. The number of hydrogen-bond donors (Lipinski definition) is 2. The van der Waals surface area contributed by atoms with Crippen LogP contribution in [0.3, 0.4) is 0 Å². The SMILES string of the molecule is CN(C)C(=O)c1ccc(CNC(=O)[C@@H]2[C@H](C(=O)O)C2(C)C)cc1. The molecule has 0 aromatic heterocycles. The molecule has 1 aromatic rings. The van der Waals surface area contributed by atoms with E-state index in [1.165, 1.54) is 4.90 Å². The number of amides is 2. The molecule has 0 heterocycles. The van der Waals surface area contributed by atoms with Crippen LogP contribution < -0.4 is 5.32 Å². The van der Waals surface area contributed by atoms with Crippen LogP contribution in [0.15, 0.2) is 24.3 Å². The number of nitrogens with one attached hydrogen (secondary N) is 1. The molecule has 124 valence electrons. The van der Waals surface area contributed by atoms with Crippen LogP contribution in [0, 0.1) is 17.3 Å². The smallest absolute Gasteiger partial charge is 0.307 e. The molecule has 2 N–H and O–H groups in total. The van der Waals surface area contributed by atoms with E-state index >= 15 is 0 Å². The number of hydrogen-bond acceptors (Lipinski definition) is 3. The van der Waals surface area contributed by atoms with Gasteiger partial charge in [0, 0.05) is 26.2 Å². The molecule has 2 atom stereocenters. The molecular formula is C17H22N2O4. The molecule has 0 unspecified atom stereocenters. The summed E-state index contributed by atoms with van der Waals surface area (Å²) in [5, 5.41) is 11.9. The molecule has 1 aliphatic rings. The second-order valence-electron chi connectivity index (χ2n) is 6.73. The van der Waals surface area contributed by atoms with Gasteiger partial charge in [0.25, 0.3) is 5.91 Å². The van der Waals surface area contributed by atoms with Crippen molar-refractivity contribution in [3.05, 3.63) is 35.4 Å². The first-order valence-corrected chi connectivity index (χ1v) is 7.47. The lowest BCUT2D eigenvalue weighted by Gasteiger charge is -2.11. The lowest BCUT2D eigenvalue weighted by atomic mass is 10.1. The first-order valence-electron chi connectivity index (χ1n) is 7.47. The Morgan fingerprint density at radius 3 is 2.13 bits per heavy atom. The van der Waals surface area contributed by atoms with Crippen LogP contribution in [0.5, 0.6) is 0 Å². The standard InChI is InChI=1S/C17H22N2O4/c1-17(2)12(13(17)16(22)23)14(20)18-9-10-5-7-11(8-6-10)15(21)19(3)4/h5-8,12-13H,9H2,1-4H3,(H,18,20)(H,22,23)/t12-,13+/m0/s1. The van der Waals surface area contributed by atoms with Crippen molar-refractivity contribution in [3.63, 3.8) is 0 Å². The average molecular weight is 318 g/mol. The number of nitrogens with zero attached hydrogens (tertiary/aromatic N) is 1. The van der Waals surface area contributed by atoms with Crippen LogP contribution in [0.25, 0.3) is 0 Å². The Labute approximate surface area is 135 Å². The van der Waals surface area contributed by atoms with Crippen molar-refractivity contribution in [2.75, 3.05) is 14.1 Å². The van der Waals surface area contributed by atoms with Gasteiger partial charge in [-0.25, -0.2) is 0 Å². The van der Waals surface area contributed by atoms with E-state index in [9.17, 15) is 14.4 Å². The molecule has 2 rings (SSSR count). The fraction of sp³-hybridized carbons (Fsp3) is 0.471. The summed E-state index contributed by atoms with van der Waals surface area (Å²) >= 11 is 0. The second-order valence-corrected chi connectivity index (χ2v) is 6.73. The van der Waals surface area contributed by atoms with Gasteiger partial charge in [0.15, 0.2) is 0 Å². The maximum atomic E-state index is 12.1. The summed E-state index contributed by atoms with van der Waals surface area (Å²) in [4.78, 5) is 36.5. The number of carbonyl (C=O) groups is 3. The van der Waals surface area contributed by atoms with Crippen molar-refractivity contribution in [1.82, 2.24) is 10.2 Å². The van der Waals surface area contributed by atoms with Gasteiger partial charge in [0.05, 0.1) is 11.8 Å². The van der Waals surface area contributed by atoms with E-state index in [2.05, 4.69) is 5.32 Å². The van der Waals surface area contributed by atoms with Gasteiger partial charge in [-0.3, -0.25) is 14.4 Å². The van der Waals surface area contributed by atoms with E-state index in [4.69, 9.17) is 5.11 Å². The Balaban J connectivity index is 1.93. The fourth-order valence-corrected chi connectivity index (χ4v) is 2.91. The normalized spacial score (nSPS) is 21.4. The number of carboxylic acid groups (broad SMARTS) is 1. The van der Waals surface area contributed by atoms with Gasteiger partial charge in [0.2, 0.25) is 5.91 Å². The molecule has 0 aliphatic heterocycles. The molecule has 1 aromatic carbocycles. The Kier molecular flexibility index (Phi) is 4.45. The molecule has 6 heteroatoms. The maximum absolute atomic E-state index is 12.1. The lowest BCUT2D eigenvalue weighted by molar-refractivity contribution is -0.140. The van der Waals surface area contributed by atoms with Crippen molar-refractivity contribution in [3.8, 4) is 0 Å². The van der Waals surface area contributed by atoms with Crippen LogP contribution in [-0.4, -0.2) is 41.9 Å². The molecule has 0 spiro atoms. The molecule has 0 saturated heterocycles. The predicted molar refractivity (Wildman–Crippen MR) is 84.7 cm³/mol. The highest BCUT2D eigenvalue weighted by Gasteiger charge is 2.65. The fourth-order valence-electron chi connectivity index (χ4n) is 2.91. The molecule has 1 fully saturated rings. The molecule has 1 aliphatic carbocycles. The highest BCUT2D eigenvalue weighted by atomic mass is 16.4. The quantitative estimate of drug-likeness (QED) is 0.858. The van der Waals surface area contributed by atoms with Crippen LogP contribution in [0.4, 0.5) is 0 Å². The van der Waals surface area contributed by atoms with Gasteiger partial charge < -0.3 is 15.3 Å². The van der Waals surface area contributed by atoms with Gasteiger partial charge in [-0.15, -0.1) is 0 Å². The largest absolute Gasteiger partial charge is 0.481 e. The zero-order chi connectivity index (χ0) is 17.4. The van der Waals surface area contributed by atoms with Crippen molar-refractivity contribution >= 4 is 17.8 Å². The van der Waals surface area contributed by atoms with E-state index < -0.39 is 23.2 Å². The summed E-state index contributed by atoms with van der Waals surface area (Å²) in [6, 6.07) is 6.99.